The van der Waals surface area contributed by atoms with Crippen molar-refractivity contribution in [1.82, 2.24) is 10.6 Å². The van der Waals surface area contributed by atoms with Crippen LogP contribution in [0.2, 0.25) is 0 Å². The van der Waals surface area contributed by atoms with Crippen molar-refractivity contribution in [2.24, 2.45) is 0 Å². The monoisotopic (exact) mass is 550 g/mol. The maximum absolute atomic E-state index is 14.3. The summed E-state index contributed by atoms with van der Waals surface area (Å²) in [5, 5.41) is 7.71. The zero-order chi connectivity index (χ0) is 28.5. The van der Waals surface area contributed by atoms with Crippen molar-refractivity contribution in [1.29, 1.82) is 0 Å². The predicted octanol–water partition coefficient (Wildman–Crippen LogP) is 2.55. The van der Waals surface area contributed by atoms with E-state index in [9.17, 15) is 22.8 Å². The highest BCUT2D eigenvalue weighted by molar-refractivity contribution is 7.91. The van der Waals surface area contributed by atoms with Gasteiger partial charge in [-0.25, -0.2) is 8.42 Å². The zero-order valence-corrected chi connectivity index (χ0v) is 23.6. The number of nitrogens with one attached hydrogen (secondary N) is 2. The van der Waals surface area contributed by atoms with Crippen LogP contribution in [-0.4, -0.2) is 63.3 Å². The second-order valence-corrected chi connectivity index (χ2v) is 12.2. The number of benzene rings is 3. The number of hydrogen-bond acceptors (Lipinski definition) is 6. The molecule has 1 aliphatic rings. The number of rotatable bonds is 7. The third-order valence-electron chi connectivity index (χ3n) is 7.22. The molecule has 0 aliphatic carbocycles. The number of amides is 3. The standard InChI is InChI=1S/C29H34N4O5S/c1-18-14-15-21-10-6-7-11-22(21)23(18)16-32-24-12-8-9-13-25(24)33(26(34)17-39(5,37)38)20(3)27(29(32)36)31-28(35)19(2)30-4/h6-15,19-20,27,30H,16-17H2,1-5H3,(H,31,35)/t19-,20-,27-/m0/s1. The second kappa shape index (κ2) is 11.2. The molecule has 10 heteroatoms. The van der Waals surface area contributed by atoms with Crippen molar-refractivity contribution in [3.8, 4) is 0 Å². The molecule has 1 aliphatic heterocycles. The predicted molar refractivity (Wildman–Crippen MR) is 153 cm³/mol. The molecule has 0 radical (unpaired) electrons. The Balaban J connectivity index is 1.90. The molecule has 0 spiro atoms. The Morgan fingerprint density at radius 1 is 1.00 bits per heavy atom. The number of aryl methyl sites for hydroxylation is 1. The molecule has 1 heterocycles. The minimum atomic E-state index is -3.66. The first-order chi connectivity index (χ1) is 18.4. The summed E-state index contributed by atoms with van der Waals surface area (Å²) < 4.78 is 24.2. The van der Waals surface area contributed by atoms with Crippen LogP contribution in [0.25, 0.3) is 10.8 Å². The van der Waals surface area contributed by atoms with Crippen molar-refractivity contribution < 1.29 is 22.8 Å². The van der Waals surface area contributed by atoms with E-state index in [0.717, 1.165) is 28.2 Å². The minimum Gasteiger partial charge on any atom is -0.341 e. The molecule has 206 valence electrons. The summed E-state index contributed by atoms with van der Waals surface area (Å²) in [7, 11) is -2.03. The third-order valence-corrected chi connectivity index (χ3v) is 7.99. The molecule has 0 unspecified atom stereocenters. The van der Waals surface area contributed by atoms with E-state index in [2.05, 4.69) is 10.6 Å². The number of para-hydroxylation sites is 2. The number of anilines is 2. The molecule has 0 fully saturated rings. The van der Waals surface area contributed by atoms with Crippen molar-refractivity contribution in [3.05, 3.63) is 71.8 Å². The van der Waals surface area contributed by atoms with Gasteiger partial charge in [0, 0.05) is 6.26 Å². The quantitative estimate of drug-likeness (QED) is 0.467. The largest absolute Gasteiger partial charge is 0.341 e. The highest BCUT2D eigenvalue weighted by Gasteiger charge is 2.42. The normalized spacial score (nSPS) is 18.4. The number of hydrogen-bond donors (Lipinski definition) is 2. The van der Waals surface area contributed by atoms with Crippen LogP contribution in [0.5, 0.6) is 0 Å². The minimum absolute atomic E-state index is 0.192. The zero-order valence-electron chi connectivity index (χ0n) is 22.8. The van der Waals surface area contributed by atoms with Gasteiger partial charge in [-0.15, -0.1) is 0 Å². The van der Waals surface area contributed by atoms with Gasteiger partial charge in [-0.3, -0.25) is 14.4 Å². The molecule has 3 amide bonds. The molecule has 0 bridgehead atoms. The fourth-order valence-electron chi connectivity index (χ4n) is 4.98. The van der Waals surface area contributed by atoms with Crippen molar-refractivity contribution in [2.75, 3.05) is 28.9 Å². The van der Waals surface area contributed by atoms with Crippen LogP contribution in [0.15, 0.2) is 60.7 Å². The van der Waals surface area contributed by atoms with Crippen LogP contribution in [0.4, 0.5) is 11.4 Å². The Hall–Kier alpha value is -3.76. The molecule has 0 saturated heterocycles. The average Bonchev–Trinajstić information content (AvgIpc) is 2.97. The van der Waals surface area contributed by atoms with Crippen LogP contribution in [0, 0.1) is 6.92 Å². The van der Waals surface area contributed by atoms with Gasteiger partial charge in [-0.1, -0.05) is 48.5 Å². The van der Waals surface area contributed by atoms with Crippen molar-refractivity contribution in [3.63, 3.8) is 0 Å². The van der Waals surface area contributed by atoms with Gasteiger partial charge in [-0.05, 0) is 61.9 Å². The van der Waals surface area contributed by atoms with Gasteiger partial charge in [0.15, 0.2) is 9.84 Å². The fraction of sp³-hybridized carbons (Fsp3) is 0.345. The summed E-state index contributed by atoms with van der Waals surface area (Å²) in [4.78, 5) is 43.7. The first kappa shape index (κ1) is 28.3. The molecule has 3 aromatic carbocycles. The Bertz CT molecular complexity index is 1540. The number of sulfone groups is 1. The summed E-state index contributed by atoms with van der Waals surface area (Å²) in [6.45, 7) is 5.49. The molecule has 3 aromatic rings. The Morgan fingerprint density at radius 3 is 2.31 bits per heavy atom. The smallest absolute Gasteiger partial charge is 0.252 e. The fourth-order valence-corrected chi connectivity index (χ4v) is 5.57. The highest BCUT2D eigenvalue weighted by Crippen LogP contribution is 2.37. The van der Waals surface area contributed by atoms with E-state index in [1.165, 1.54) is 4.90 Å². The summed E-state index contributed by atoms with van der Waals surface area (Å²) >= 11 is 0. The van der Waals surface area contributed by atoms with Gasteiger partial charge in [0.25, 0.3) is 5.91 Å². The molecule has 9 nitrogen and oxygen atoms in total. The summed E-state index contributed by atoms with van der Waals surface area (Å²) in [5.41, 5.74) is 2.80. The first-order valence-corrected chi connectivity index (χ1v) is 14.8. The van der Waals surface area contributed by atoms with Crippen molar-refractivity contribution >= 4 is 49.7 Å². The second-order valence-electron chi connectivity index (χ2n) is 10.1. The van der Waals surface area contributed by atoms with Crippen molar-refractivity contribution in [2.45, 2.75) is 45.4 Å². The number of nitrogens with zero attached hydrogens (tertiary/aromatic N) is 2. The maximum Gasteiger partial charge on any atom is 0.252 e. The van der Waals surface area contributed by atoms with E-state index in [1.54, 1.807) is 50.1 Å². The lowest BCUT2D eigenvalue weighted by molar-refractivity contribution is -0.129. The van der Waals surface area contributed by atoms with Crippen LogP contribution >= 0.6 is 0 Å². The summed E-state index contributed by atoms with van der Waals surface area (Å²) in [6, 6.07) is 16.3. The Kier molecular flexibility index (Phi) is 8.08. The SMILES string of the molecule is CN[C@@H](C)C(=O)N[C@@H]1C(=O)N(Cc2c(C)ccc3ccccc23)c2ccccc2N(C(=O)CS(C)(=O)=O)[C@H]1C. The van der Waals surface area contributed by atoms with E-state index in [-0.39, 0.29) is 6.54 Å². The lowest BCUT2D eigenvalue weighted by Gasteiger charge is -2.32. The number of carbonyl (C=O) groups is 3. The number of likely N-dealkylation sites (N-methyl/N-ethyl adjacent to an activating group) is 1. The van der Waals surface area contributed by atoms with E-state index in [0.29, 0.717) is 11.4 Å². The Labute approximate surface area is 229 Å². The Morgan fingerprint density at radius 2 is 1.64 bits per heavy atom. The van der Waals surface area contributed by atoms with Gasteiger partial charge in [0.05, 0.1) is 30.0 Å². The molecule has 2 N–H and O–H groups in total. The van der Waals surface area contributed by atoms with E-state index in [1.807, 2.05) is 43.3 Å². The van der Waals surface area contributed by atoms with Gasteiger partial charge in [0.1, 0.15) is 11.8 Å². The van der Waals surface area contributed by atoms with Crippen LogP contribution in [0.3, 0.4) is 0 Å². The van der Waals surface area contributed by atoms with E-state index < -0.39 is 51.4 Å². The molecular weight excluding hydrogens is 516 g/mol. The summed E-state index contributed by atoms with van der Waals surface area (Å²) in [5.74, 6) is -2.20. The highest BCUT2D eigenvalue weighted by atomic mass is 32.2. The molecule has 0 aromatic heterocycles. The van der Waals surface area contributed by atoms with Gasteiger partial charge < -0.3 is 20.4 Å². The van der Waals surface area contributed by atoms with Crippen LogP contribution in [-0.2, 0) is 30.8 Å². The number of carbonyl (C=O) groups excluding carboxylic acids is 3. The molecule has 4 rings (SSSR count). The van der Waals surface area contributed by atoms with Crippen LogP contribution in [0.1, 0.15) is 25.0 Å². The lowest BCUT2D eigenvalue weighted by Crippen LogP contribution is -2.60. The summed E-state index contributed by atoms with van der Waals surface area (Å²) in [6.07, 6.45) is 0.994. The van der Waals surface area contributed by atoms with E-state index >= 15 is 0 Å². The van der Waals surface area contributed by atoms with E-state index in [4.69, 9.17) is 0 Å². The molecule has 3 atom stereocenters. The maximum atomic E-state index is 14.3. The topological polar surface area (TPSA) is 116 Å². The molecule has 0 saturated carbocycles. The lowest BCUT2D eigenvalue weighted by atomic mass is 9.98. The van der Waals surface area contributed by atoms with Gasteiger partial charge >= 0.3 is 0 Å². The molecule has 39 heavy (non-hydrogen) atoms. The van der Waals surface area contributed by atoms with Gasteiger partial charge in [-0.2, -0.15) is 0 Å². The molecular formula is C29H34N4O5S. The third kappa shape index (κ3) is 5.81. The average molecular weight is 551 g/mol. The first-order valence-electron chi connectivity index (χ1n) is 12.8. The number of fused-ring (bicyclic) bond motifs is 2. The van der Waals surface area contributed by atoms with Crippen LogP contribution < -0.4 is 20.4 Å². The van der Waals surface area contributed by atoms with Gasteiger partial charge in [0.2, 0.25) is 11.8 Å².